The van der Waals surface area contributed by atoms with Crippen molar-refractivity contribution in [1.29, 1.82) is 0 Å². The number of hydrogen-bond donors (Lipinski definition) is 0. The molecule has 0 spiro atoms. The lowest BCUT2D eigenvalue weighted by Crippen LogP contribution is -2.26. The first-order valence-corrected chi connectivity index (χ1v) is 14.8. The van der Waals surface area contributed by atoms with Crippen molar-refractivity contribution in [3.63, 3.8) is 0 Å². The van der Waals surface area contributed by atoms with E-state index in [-0.39, 0.29) is 11.3 Å². The fraction of sp³-hybridized carbons (Fsp3) is 0.312. The molecule has 1 aliphatic carbocycles. The maximum Gasteiger partial charge on any atom is 0.282 e. The molecule has 9 nitrogen and oxygen atoms in total. The van der Waals surface area contributed by atoms with Gasteiger partial charge in [-0.25, -0.2) is 19.1 Å². The first-order valence-electron chi connectivity index (χ1n) is 14.5. The Morgan fingerprint density at radius 2 is 1.76 bits per heavy atom. The second-order valence-corrected chi connectivity index (χ2v) is 11.0. The van der Waals surface area contributed by atoms with E-state index in [2.05, 4.69) is 44.1 Å². The van der Waals surface area contributed by atoms with Crippen LogP contribution in [-0.4, -0.2) is 48.0 Å². The molecule has 2 aromatic carbocycles. The minimum absolute atomic E-state index is 0.100. The Labute approximate surface area is 248 Å². The zero-order valence-electron chi connectivity index (χ0n) is 23.3. The van der Waals surface area contributed by atoms with Crippen LogP contribution in [-0.2, 0) is 13.0 Å². The fourth-order valence-corrected chi connectivity index (χ4v) is 5.70. The van der Waals surface area contributed by atoms with E-state index in [9.17, 15) is 9.59 Å². The Bertz CT molecular complexity index is 1810. The van der Waals surface area contributed by atoms with Crippen molar-refractivity contribution in [3.05, 3.63) is 99.3 Å². The highest BCUT2D eigenvalue weighted by atomic mass is 35.5. The summed E-state index contributed by atoms with van der Waals surface area (Å²) in [6, 6.07) is 15.9. The largest absolute Gasteiger partial charge is 0.341 e. The Balaban J connectivity index is 0.000000240. The topological polar surface area (TPSA) is 98.3 Å². The molecule has 0 amide bonds. The number of anilines is 1. The molecule has 7 rings (SSSR count). The van der Waals surface area contributed by atoms with E-state index in [1.165, 1.54) is 24.7 Å². The second-order valence-electron chi connectivity index (χ2n) is 10.6. The maximum atomic E-state index is 12.8. The van der Waals surface area contributed by atoms with Gasteiger partial charge in [0.1, 0.15) is 6.33 Å². The Kier molecular flexibility index (Phi) is 8.37. The van der Waals surface area contributed by atoms with Crippen molar-refractivity contribution >= 4 is 46.1 Å². The van der Waals surface area contributed by atoms with Gasteiger partial charge in [-0.1, -0.05) is 60.9 Å². The highest BCUT2D eigenvalue weighted by molar-refractivity contribution is 6.31. The average Bonchev–Trinajstić information content (AvgIpc) is 3.17. The third-order valence-electron chi connectivity index (χ3n) is 7.66. The monoisotopic (exact) mass is 581 g/mol. The number of aryl methyl sites for hydroxylation is 2. The lowest BCUT2D eigenvalue weighted by molar-refractivity contribution is 0.0993. The molecule has 5 aromatic rings. The van der Waals surface area contributed by atoms with Crippen LogP contribution in [0.2, 0.25) is 5.02 Å². The summed E-state index contributed by atoms with van der Waals surface area (Å²) < 4.78 is 3.94. The molecule has 3 aromatic heterocycles. The molecular formula is C32H32ClN7O2. The standard InChI is InChI=1S/C24H26ClN5O.C8H6N2O/c25-19-12-13-21-20(17-19)22(31)26-23-29(16-8-11-18-9-4-3-5-10-18)27-24(30(21)23)28-14-6-1-2-7-15-28;11-8-3-1-2-7-6(8)4-9-5-10-7/h3-5,9-10,12-13,17H,1-2,6-8,11,14-16H2;1-2,4-5H,3H2. The molecule has 0 bridgehead atoms. The predicted octanol–water partition coefficient (Wildman–Crippen LogP) is 5.79. The number of fused-ring (bicyclic) bond motifs is 4. The van der Waals surface area contributed by atoms with Crippen LogP contribution in [0.15, 0.2) is 71.9 Å². The van der Waals surface area contributed by atoms with Gasteiger partial charge >= 0.3 is 0 Å². The van der Waals surface area contributed by atoms with E-state index in [1.54, 1.807) is 12.3 Å². The van der Waals surface area contributed by atoms with Crippen molar-refractivity contribution in [2.24, 2.45) is 0 Å². The quantitative estimate of drug-likeness (QED) is 0.259. The minimum atomic E-state index is -0.260. The van der Waals surface area contributed by atoms with Crippen LogP contribution in [0.3, 0.4) is 0 Å². The number of benzene rings is 2. The van der Waals surface area contributed by atoms with Crippen LogP contribution < -0.4 is 10.5 Å². The zero-order chi connectivity index (χ0) is 28.9. The summed E-state index contributed by atoms with van der Waals surface area (Å²) in [6.07, 6.45) is 13.8. The van der Waals surface area contributed by atoms with Crippen LogP contribution in [0.5, 0.6) is 0 Å². The van der Waals surface area contributed by atoms with Gasteiger partial charge in [0, 0.05) is 37.3 Å². The first kappa shape index (κ1) is 27.8. The van der Waals surface area contributed by atoms with E-state index in [0.29, 0.717) is 34.7 Å². The van der Waals surface area contributed by atoms with Gasteiger partial charge < -0.3 is 4.90 Å². The maximum absolute atomic E-state index is 12.8. The van der Waals surface area contributed by atoms with Crippen LogP contribution in [0.25, 0.3) is 22.8 Å². The predicted molar refractivity (Wildman–Crippen MR) is 165 cm³/mol. The van der Waals surface area contributed by atoms with Gasteiger partial charge in [-0.15, -0.1) is 5.10 Å². The number of carbonyl (C=O) groups is 1. The number of aromatic nitrogens is 6. The molecule has 0 radical (unpaired) electrons. The van der Waals surface area contributed by atoms with Crippen LogP contribution in [0.1, 0.15) is 60.1 Å². The Morgan fingerprint density at radius 1 is 0.952 bits per heavy atom. The SMILES string of the molecule is O=C1CC=Cc2ncncc21.O=c1nc2n(CCCc3ccccc3)nc(N3CCCCCC3)n2c2ccc(Cl)cc12. The molecule has 0 atom stereocenters. The number of Topliss-reactive ketones (excluding diaryl/α,β-unsaturated/α-hetero) is 1. The molecule has 4 heterocycles. The number of halogens is 1. The van der Waals surface area contributed by atoms with E-state index in [4.69, 9.17) is 16.7 Å². The Hall–Kier alpha value is -4.37. The third-order valence-corrected chi connectivity index (χ3v) is 7.90. The van der Waals surface area contributed by atoms with E-state index in [1.807, 2.05) is 39.4 Å². The highest BCUT2D eigenvalue weighted by Crippen LogP contribution is 2.25. The normalized spacial score (nSPS) is 14.9. The lowest BCUT2D eigenvalue weighted by Gasteiger charge is -2.20. The number of nitrogens with zero attached hydrogens (tertiary/aromatic N) is 7. The van der Waals surface area contributed by atoms with Crippen molar-refractivity contribution in [3.8, 4) is 0 Å². The van der Waals surface area contributed by atoms with E-state index >= 15 is 0 Å². The van der Waals surface area contributed by atoms with Crippen LogP contribution in [0, 0.1) is 0 Å². The molecule has 214 valence electrons. The van der Waals surface area contributed by atoms with Crippen molar-refractivity contribution in [1.82, 2.24) is 29.1 Å². The van der Waals surface area contributed by atoms with Gasteiger partial charge in [0.05, 0.1) is 22.2 Å². The van der Waals surface area contributed by atoms with Gasteiger partial charge in [0.2, 0.25) is 11.7 Å². The number of allylic oxidation sites excluding steroid dienone is 1. The van der Waals surface area contributed by atoms with Crippen LogP contribution >= 0.6 is 11.6 Å². The summed E-state index contributed by atoms with van der Waals surface area (Å²) in [5.74, 6) is 1.58. The van der Waals surface area contributed by atoms with Crippen molar-refractivity contribution < 1.29 is 4.79 Å². The first-order chi connectivity index (χ1) is 20.6. The number of carbonyl (C=O) groups excluding carboxylic acids is 1. The van der Waals surface area contributed by atoms with Crippen molar-refractivity contribution in [2.45, 2.75) is 51.5 Å². The van der Waals surface area contributed by atoms with E-state index < -0.39 is 0 Å². The molecule has 2 aliphatic rings. The van der Waals surface area contributed by atoms with Gasteiger partial charge in [0.25, 0.3) is 5.56 Å². The molecule has 1 aliphatic heterocycles. The van der Waals surface area contributed by atoms with Crippen LogP contribution in [0.4, 0.5) is 5.95 Å². The average molecular weight is 582 g/mol. The Morgan fingerprint density at radius 3 is 2.55 bits per heavy atom. The molecular weight excluding hydrogens is 550 g/mol. The molecule has 42 heavy (non-hydrogen) atoms. The lowest BCUT2D eigenvalue weighted by atomic mass is 10.0. The van der Waals surface area contributed by atoms with Gasteiger partial charge in [-0.3, -0.25) is 9.59 Å². The fourth-order valence-electron chi connectivity index (χ4n) is 5.53. The van der Waals surface area contributed by atoms with Gasteiger partial charge in [-0.2, -0.15) is 4.98 Å². The molecule has 1 saturated heterocycles. The third kappa shape index (κ3) is 5.97. The zero-order valence-corrected chi connectivity index (χ0v) is 24.1. The van der Waals surface area contributed by atoms with Gasteiger partial charge in [-0.05, 0) is 55.5 Å². The summed E-state index contributed by atoms with van der Waals surface area (Å²) >= 11 is 6.18. The summed E-state index contributed by atoms with van der Waals surface area (Å²) in [5.41, 5.74) is 3.22. The molecule has 10 heteroatoms. The highest BCUT2D eigenvalue weighted by Gasteiger charge is 2.21. The summed E-state index contributed by atoms with van der Waals surface area (Å²) in [7, 11) is 0. The van der Waals surface area contributed by atoms with Crippen molar-refractivity contribution in [2.75, 3.05) is 18.0 Å². The molecule has 1 fully saturated rings. The number of rotatable bonds is 5. The smallest absolute Gasteiger partial charge is 0.282 e. The number of hydrogen-bond acceptors (Lipinski definition) is 7. The second kappa shape index (κ2) is 12.7. The summed E-state index contributed by atoms with van der Waals surface area (Å²) in [4.78, 5) is 38.5. The van der Waals surface area contributed by atoms with Gasteiger partial charge in [0.15, 0.2) is 5.78 Å². The summed E-state index contributed by atoms with van der Waals surface area (Å²) in [5, 5.41) is 6.04. The molecule has 0 saturated carbocycles. The molecule has 0 unspecified atom stereocenters. The molecule has 0 N–H and O–H groups in total. The summed E-state index contributed by atoms with van der Waals surface area (Å²) in [6.45, 7) is 2.65. The van der Waals surface area contributed by atoms with E-state index in [0.717, 1.165) is 55.9 Å². The minimum Gasteiger partial charge on any atom is -0.341 e. The number of ketones is 1.